The fourth-order valence-electron chi connectivity index (χ4n) is 3.66. The number of nitrogens with one attached hydrogen (secondary N) is 2. The molecule has 0 aliphatic carbocycles. The number of rotatable bonds is 6. The van der Waals surface area contributed by atoms with Gasteiger partial charge in [0, 0.05) is 35.6 Å². The summed E-state index contributed by atoms with van der Waals surface area (Å²) in [5.74, 6) is 1.24. The number of halogens is 1. The van der Waals surface area contributed by atoms with Crippen LogP contribution in [-0.2, 0) is 0 Å². The van der Waals surface area contributed by atoms with Crippen molar-refractivity contribution in [3.63, 3.8) is 0 Å². The van der Waals surface area contributed by atoms with Crippen LogP contribution in [-0.4, -0.2) is 21.1 Å². The van der Waals surface area contributed by atoms with Gasteiger partial charge in [0.25, 0.3) is 5.56 Å². The number of H-pyrrole nitrogens is 1. The molecule has 0 aliphatic heterocycles. The summed E-state index contributed by atoms with van der Waals surface area (Å²) in [6, 6.07) is 11.1. The molecule has 4 rings (SSSR count). The topological polar surface area (TPSA) is 79.9 Å². The standard InChI is InChI=1S/C25H25ClN4O2/c1-14(2)32-23-12-22-18(10-21(23)26)9-20(25(31)30-22)16(4)29-24-11-17(5-8-28-24)19-6-7-27-13-15(19)3/h5-14,16H,1-4H3,(H,28,29)(H,30,31). The Bertz CT molecular complexity index is 1330. The molecule has 0 saturated heterocycles. The highest BCUT2D eigenvalue weighted by molar-refractivity contribution is 6.32. The van der Waals surface area contributed by atoms with Crippen LogP contribution in [0, 0.1) is 6.92 Å². The van der Waals surface area contributed by atoms with E-state index >= 15 is 0 Å². The Kier molecular flexibility index (Phi) is 6.15. The van der Waals surface area contributed by atoms with Crippen molar-refractivity contribution in [3.8, 4) is 16.9 Å². The first-order valence-corrected chi connectivity index (χ1v) is 10.9. The molecule has 32 heavy (non-hydrogen) atoms. The fourth-order valence-corrected chi connectivity index (χ4v) is 3.88. The second kappa shape index (κ2) is 9.01. The Hall–Kier alpha value is -3.38. The average Bonchev–Trinajstić information content (AvgIpc) is 2.74. The van der Waals surface area contributed by atoms with Crippen LogP contribution in [0.15, 0.2) is 59.8 Å². The van der Waals surface area contributed by atoms with Crippen LogP contribution < -0.4 is 15.6 Å². The molecule has 3 aromatic heterocycles. The summed E-state index contributed by atoms with van der Waals surface area (Å²) in [6.45, 7) is 7.81. The second-order valence-corrected chi connectivity index (χ2v) is 8.48. The van der Waals surface area contributed by atoms with E-state index < -0.39 is 0 Å². The van der Waals surface area contributed by atoms with Gasteiger partial charge in [0.1, 0.15) is 11.6 Å². The minimum absolute atomic E-state index is 0.0145. The lowest BCUT2D eigenvalue weighted by molar-refractivity contribution is 0.243. The smallest absolute Gasteiger partial charge is 0.253 e. The molecule has 0 bridgehead atoms. The Morgan fingerprint density at radius 1 is 1.09 bits per heavy atom. The predicted octanol–water partition coefficient (Wildman–Crippen LogP) is 5.91. The van der Waals surface area contributed by atoms with Crippen molar-refractivity contribution >= 4 is 28.3 Å². The number of nitrogens with zero attached hydrogens (tertiary/aromatic N) is 2. The molecule has 1 unspecified atom stereocenters. The van der Waals surface area contributed by atoms with Gasteiger partial charge < -0.3 is 15.0 Å². The zero-order chi connectivity index (χ0) is 22.8. The first-order chi connectivity index (χ1) is 15.3. The maximum atomic E-state index is 12.8. The highest BCUT2D eigenvalue weighted by Gasteiger charge is 2.14. The number of ether oxygens (including phenoxy) is 1. The molecule has 1 aromatic carbocycles. The van der Waals surface area contributed by atoms with E-state index in [1.54, 1.807) is 18.5 Å². The molecule has 2 N–H and O–H groups in total. The lowest BCUT2D eigenvalue weighted by atomic mass is 10.0. The summed E-state index contributed by atoms with van der Waals surface area (Å²) < 4.78 is 5.73. The lowest BCUT2D eigenvalue weighted by Gasteiger charge is -2.17. The van der Waals surface area contributed by atoms with E-state index in [9.17, 15) is 4.79 Å². The van der Waals surface area contributed by atoms with Gasteiger partial charge in [0.15, 0.2) is 0 Å². The van der Waals surface area contributed by atoms with Crippen molar-refractivity contribution < 1.29 is 4.74 Å². The number of fused-ring (bicyclic) bond motifs is 1. The Labute approximate surface area is 191 Å². The summed E-state index contributed by atoms with van der Waals surface area (Å²) in [4.78, 5) is 24.4. The molecule has 4 aromatic rings. The van der Waals surface area contributed by atoms with Crippen LogP contribution in [0.5, 0.6) is 5.75 Å². The molecule has 1 atom stereocenters. The maximum Gasteiger partial charge on any atom is 0.253 e. The minimum Gasteiger partial charge on any atom is -0.489 e. The first kappa shape index (κ1) is 21.8. The molecule has 7 heteroatoms. The number of anilines is 1. The number of aromatic nitrogens is 3. The van der Waals surface area contributed by atoms with Gasteiger partial charge in [-0.1, -0.05) is 11.6 Å². The fraction of sp³-hybridized carbons (Fsp3) is 0.240. The minimum atomic E-state index is -0.269. The molecule has 0 amide bonds. The Balaban J connectivity index is 1.64. The molecule has 6 nitrogen and oxygen atoms in total. The monoisotopic (exact) mass is 448 g/mol. The zero-order valence-corrected chi connectivity index (χ0v) is 19.2. The largest absolute Gasteiger partial charge is 0.489 e. The number of aryl methyl sites for hydroxylation is 1. The Morgan fingerprint density at radius 3 is 2.66 bits per heavy atom. The van der Waals surface area contributed by atoms with Gasteiger partial charge >= 0.3 is 0 Å². The van der Waals surface area contributed by atoms with Crippen LogP contribution in [0.3, 0.4) is 0 Å². The van der Waals surface area contributed by atoms with Gasteiger partial charge in [-0.15, -0.1) is 0 Å². The molecule has 0 aliphatic rings. The number of benzene rings is 1. The number of aromatic amines is 1. The van der Waals surface area contributed by atoms with E-state index in [0.29, 0.717) is 27.7 Å². The number of hydrogen-bond donors (Lipinski definition) is 2. The summed E-state index contributed by atoms with van der Waals surface area (Å²) in [5, 5.41) is 4.68. The number of hydrogen-bond acceptors (Lipinski definition) is 5. The average molecular weight is 449 g/mol. The summed E-state index contributed by atoms with van der Waals surface area (Å²) >= 11 is 6.39. The van der Waals surface area contributed by atoms with Crippen molar-refractivity contribution in [2.24, 2.45) is 0 Å². The zero-order valence-electron chi connectivity index (χ0n) is 18.4. The van der Waals surface area contributed by atoms with Crippen molar-refractivity contribution in [1.29, 1.82) is 0 Å². The molecule has 0 saturated carbocycles. The van der Waals surface area contributed by atoms with E-state index in [4.69, 9.17) is 16.3 Å². The number of pyridine rings is 3. The van der Waals surface area contributed by atoms with Crippen LogP contribution in [0.25, 0.3) is 22.0 Å². The third kappa shape index (κ3) is 4.60. The third-order valence-corrected chi connectivity index (χ3v) is 5.51. The predicted molar refractivity (Wildman–Crippen MR) is 130 cm³/mol. The van der Waals surface area contributed by atoms with Gasteiger partial charge in [-0.05, 0) is 74.7 Å². The van der Waals surface area contributed by atoms with Crippen LogP contribution >= 0.6 is 11.6 Å². The van der Waals surface area contributed by atoms with E-state index in [1.165, 1.54) is 0 Å². The van der Waals surface area contributed by atoms with Gasteiger partial charge in [0.2, 0.25) is 0 Å². The van der Waals surface area contributed by atoms with Crippen molar-refractivity contribution in [2.75, 3.05) is 5.32 Å². The summed E-state index contributed by atoms with van der Waals surface area (Å²) in [5.41, 5.74) is 4.32. The highest BCUT2D eigenvalue weighted by Crippen LogP contribution is 2.31. The molecule has 3 heterocycles. The molecule has 0 spiro atoms. The summed E-state index contributed by atoms with van der Waals surface area (Å²) in [6.07, 6.45) is 5.35. The van der Waals surface area contributed by atoms with Crippen molar-refractivity contribution in [2.45, 2.75) is 39.8 Å². The van der Waals surface area contributed by atoms with Crippen LogP contribution in [0.4, 0.5) is 5.82 Å². The van der Waals surface area contributed by atoms with Gasteiger partial charge in [-0.3, -0.25) is 9.78 Å². The van der Waals surface area contributed by atoms with E-state index in [1.807, 2.05) is 64.2 Å². The van der Waals surface area contributed by atoms with Crippen molar-refractivity contribution in [1.82, 2.24) is 15.0 Å². The van der Waals surface area contributed by atoms with Gasteiger partial charge in [-0.25, -0.2) is 4.98 Å². The maximum absolute atomic E-state index is 12.8. The van der Waals surface area contributed by atoms with Gasteiger partial charge in [-0.2, -0.15) is 0 Å². The molecular weight excluding hydrogens is 424 g/mol. The first-order valence-electron chi connectivity index (χ1n) is 10.5. The quantitative estimate of drug-likeness (QED) is 0.383. The lowest BCUT2D eigenvalue weighted by Crippen LogP contribution is -2.20. The Morgan fingerprint density at radius 2 is 1.91 bits per heavy atom. The highest BCUT2D eigenvalue weighted by atomic mass is 35.5. The molecule has 0 radical (unpaired) electrons. The van der Waals surface area contributed by atoms with Crippen LogP contribution in [0.1, 0.15) is 37.9 Å². The molecule has 0 fully saturated rings. The SMILES string of the molecule is Cc1cnccc1-c1ccnc(NC(C)c2cc3cc(Cl)c(OC(C)C)cc3[nH]c2=O)c1. The van der Waals surface area contributed by atoms with Crippen molar-refractivity contribution in [3.05, 3.63) is 81.5 Å². The van der Waals surface area contributed by atoms with E-state index in [-0.39, 0.29) is 17.7 Å². The second-order valence-electron chi connectivity index (χ2n) is 8.08. The van der Waals surface area contributed by atoms with Gasteiger partial charge in [0.05, 0.1) is 22.7 Å². The summed E-state index contributed by atoms with van der Waals surface area (Å²) in [7, 11) is 0. The third-order valence-electron chi connectivity index (χ3n) is 5.21. The van der Waals surface area contributed by atoms with E-state index in [0.717, 1.165) is 22.1 Å². The van der Waals surface area contributed by atoms with E-state index in [2.05, 4.69) is 20.3 Å². The molecule has 164 valence electrons. The molecular formula is C25H25ClN4O2. The normalized spacial score (nSPS) is 12.2. The van der Waals surface area contributed by atoms with Crippen LogP contribution in [0.2, 0.25) is 5.02 Å².